The SMILES string of the molecule is O=C=NC(=O)c1cc(I)ccc1Br. The van der Waals surface area contributed by atoms with Crippen molar-refractivity contribution in [2.45, 2.75) is 0 Å². The van der Waals surface area contributed by atoms with Crippen molar-refractivity contribution in [2.24, 2.45) is 4.99 Å². The number of carbonyl (C=O) groups is 1. The van der Waals surface area contributed by atoms with Crippen LogP contribution in [0, 0.1) is 3.57 Å². The Labute approximate surface area is 96.5 Å². The maximum atomic E-state index is 11.2. The predicted molar refractivity (Wildman–Crippen MR) is 59.3 cm³/mol. The third kappa shape index (κ3) is 2.72. The topological polar surface area (TPSA) is 46.5 Å². The molecule has 3 nitrogen and oxygen atoms in total. The minimum Gasteiger partial charge on any atom is -0.266 e. The van der Waals surface area contributed by atoms with Gasteiger partial charge in [0.2, 0.25) is 6.08 Å². The highest BCUT2D eigenvalue weighted by molar-refractivity contribution is 14.1. The lowest BCUT2D eigenvalue weighted by atomic mass is 10.2. The van der Waals surface area contributed by atoms with Gasteiger partial charge in [0.15, 0.2) is 0 Å². The molecule has 0 atom stereocenters. The molecule has 0 aliphatic rings. The Kier molecular flexibility index (Phi) is 3.77. The molecule has 0 heterocycles. The van der Waals surface area contributed by atoms with Crippen LogP contribution in [0.15, 0.2) is 27.7 Å². The minimum atomic E-state index is -0.583. The van der Waals surface area contributed by atoms with Gasteiger partial charge >= 0.3 is 0 Å². The van der Waals surface area contributed by atoms with Gasteiger partial charge in [0.1, 0.15) is 0 Å². The zero-order chi connectivity index (χ0) is 9.84. The molecule has 0 aromatic heterocycles. The van der Waals surface area contributed by atoms with E-state index in [1.54, 1.807) is 12.1 Å². The molecule has 1 aromatic rings. The molecule has 0 fully saturated rings. The van der Waals surface area contributed by atoms with Gasteiger partial charge in [0, 0.05) is 8.04 Å². The average molecular weight is 352 g/mol. The fraction of sp³-hybridized carbons (Fsp3) is 0. The molecule has 0 unspecified atom stereocenters. The molecule has 0 radical (unpaired) electrons. The molecule has 1 rings (SSSR count). The third-order valence-electron chi connectivity index (χ3n) is 1.31. The van der Waals surface area contributed by atoms with Crippen molar-refractivity contribution in [3.63, 3.8) is 0 Å². The first-order chi connectivity index (χ1) is 6.15. The van der Waals surface area contributed by atoms with Gasteiger partial charge in [-0.25, -0.2) is 4.79 Å². The van der Waals surface area contributed by atoms with E-state index in [2.05, 4.69) is 43.5 Å². The van der Waals surface area contributed by atoms with Crippen molar-refractivity contribution < 1.29 is 9.59 Å². The van der Waals surface area contributed by atoms with Gasteiger partial charge in [-0.1, -0.05) is 0 Å². The maximum absolute atomic E-state index is 11.2. The van der Waals surface area contributed by atoms with Crippen LogP contribution in [0.3, 0.4) is 0 Å². The van der Waals surface area contributed by atoms with E-state index in [0.717, 1.165) is 3.57 Å². The summed E-state index contributed by atoms with van der Waals surface area (Å²) < 4.78 is 1.53. The number of rotatable bonds is 1. The number of hydrogen-bond acceptors (Lipinski definition) is 2. The summed E-state index contributed by atoms with van der Waals surface area (Å²) in [5.41, 5.74) is 0.371. The second-order valence-electron chi connectivity index (χ2n) is 2.13. The highest BCUT2D eigenvalue weighted by Crippen LogP contribution is 2.19. The maximum Gasteiger partial charge on any atom is 0.288 e. The molecule has 66 valence electrons. The lowest BCUT2D eigenvalue weighted by Crippen LogP contribution is -1.96. The van der Waals surface area contributed by atoms with Crippen LogP contribution in [0.25, 0.3) is 0 Å². The molecule has 0 saturated heterocycles. The molecule has 13 heavy (non-hydrogen) atoms. The number of benzene rings is 1. The fourth-order valence-corrected chi connectivity index (χ4v) is 1.67. The first-order valence-corrected chi connectivity index (χ1v) is 5.09. The summed E-state index contributed by atoms with van der Waals surface area (Å²) in [7, 11) is 0. The predicted octanol–water partition coefficient (Wildman–Crippen LogP) is 2.53. The first kappa shape index (κ1) is 10.6. The van der Waals surface area contributed by atoms with E-state index >= 15 is 0 Å². The second-order valence-corrected chi connectivity index (χ2v) is 4.23. The standard InChI is InChI=1S/C8H3BrINO2/c9-7-2-1-5(10)3-6(7)8(13)11-4-12/h1-3H. The van der Waals surface area contributed by atoms with E-state index < -0.39 is 5.91 Å². The van der Waals surface area contributed by atoms with E-state index in [-0.39, 0.29) is 0 Å². The lowest BCUT2D eigenvalue weighted by molar-refractivity contribution is 0.100. The Bertz CT molecular complexity index is 399. The van der Waals surface area contributed by atoms with E-state index in [9.17, 15) is 9.59 Å². The van der Waals surface area contributed by atoms with Gasteiger partial charge in [-0.05, 0) is 56.7 Å². The number of aliphatic imine (C=N–C) groups is 1. The molecular weight excluding hydrogens is 349 g/mol. The van der Waals surface area contributed by atoms with Crippen LogP contribution in [0.4, 0.5) is 0 Å². The number of isocyanates is 1. The summed E-state index contributed by atoms with van der Waals surface area (Å²) >= 11 is 5.26. The van der Waals surface area contributed by atoms with Crippen LogP contribution in [0.1, 0.15) is 10.4 Å². The van der Waals surface area contributed by atoms with Gasteiger partial charge in [-0.2, -0.15) is 0 Å². The highest BCUT2D eigenvalue weighted by atomic mass is 127. The van der Waals surface area contributed by atoms with Gasteiger partial charge in [0.05, 0.1) is 5.56 Å². The van der Waals surface area contributed by atoms with Gasteiger partial charge in [-0.15, -0.1) is 4.99 Å². The van der Waals surface area contributed by atoms with Crippen molar-refractivity contribution in [1.29, 1.82) is 0 Å². The summed E-state index contributed by atoms with van der Waals surface area (Å²) in [6, 6.07) is 5.22. The molecule has 0 bridgehead atoms. The van der Waals surface area contributed by atoms with Crippen molar-refractivity contribution in [3.05, 3.63) is 31.8 Å². The summed E-state index contributed by atoms with van der Waals surface area (Å²) in [6.07, 6.45) is 1.21. The molecule has 1 amide bonds. The smallest absolute Gasteiger partial charge is 0.266 e. The van der Waals surface area contributed by atoms with Crippen LogP contribution >= 0.6 is 38.5 Å². The number of hydrogen-bond donors (Lipinski definition) is 0. The molecule has 0 N–H and O–H groups in total. The summed E-state index contributed by atoms with van der Waals surface area (Å²) in [6.45, 7) is 0. The molecular formula is C8H3BrINO2. The second kappa shape index (κ2) is 4.64. The molecule has 0 aliphatic heterocycles. The summed E-state index contributed by atoms with van der Waals surface area (Å²) in [4.78, 5) is 24.0. The third-order valence-corrected chi connectivity index (χ3v) is 2.67. The van der Waals surface area contributed by atoms with E-state index in [1.165, 1.54) is 6.08 Å². The van der Waals surface area contributed by atoms with Crippen LogP contribution in [0.2, 0.25) is 0 Å². The Morgan fingerprint density at radius 1 is 1.54 bits per heavy atom. The monoisotopic (exact) mass is 351 g/mol. The average Bonchev–Trinajstić information content (AvgIpc) is 2.09. The Hall–Kier alpha value is -0.520. The Balaban J connectivity index is 3.20. The quantitative estimate of drug-likeness (QED) is 0.443. The zero-order valence-electron chi connectivity index (χ0n) is 6.25. The lowest BCUT2D eigenvalue weighted by Gasteiger charge is -1.98. The Morgan fingerprint density at radius 3 is 2.85 bits per heavy atom. The van der Waals surface area contributed by atoms with Crippen LogP contribution in [-0.2, 0) is 4.79 Å². The van der Waals surface area contributed by atoms with Crippen molar-refractivity contribution >= 4 is 50.5 Å². The molecule has 0 saturated carbocycles. The van der Waals surface area contributed by atoms with Gasteiger partial charge < -0.3 is 0 Å². The van der Waals surface area contributed by atoms with Crippen LogP contribution in [0.5, 0.6) is 0 Å². The number of nitrogens with zero attached hydrogens (tertiary/aromatic N) is 1. The van der Waals surface area contributed by atoms with Gasteiger partial charge in [0.25, 0.3) is 5.91 Å². The van der Waals surface area contributed by atoms with Crippen LogP contribution < -0.4 is 0 Å². The molecule has 5 heteroatoms. The highest BCUT2D eigenvalue weighted by Gasteiger charge is 2.08. The largest absolute Gasteiger partial charge is 0.288 e. The molecule has 0 aliphatic carbocycles. The summed E-state index contributed by atoms with van der Waals surface area (Å²) in [5, 5.41) is 0. The summed E-state index contributed by atoms with van der Waals surface area (Å²) in [5.74, 6) is -0.583. The van der Waals surface area contributed by atoms with E-state index in [0.29, 0.717) is 10.0 Å². The Morgan fingerprint density at radius 2 is 2.23 bits per heavy atom. The number of halogens is 2. The van der Waals surface area contributed by atoms with Crippen molar-refractivity contribution in [3.8, 4) is 0 Å². The van der Waals surface area contributed by atoms with Crippen molar-refractivity contribution in [2.75, 3.05) is 0 Å². The van der Waals surface area contributed by atoms with Gasteiger partial charge in [-0.3, -0.25) is 4.79 Å². The van der Waals surface area contributed by atoms with E-state index in [1.807, 2.05) is 6.07 Å². The number of amides is 1. The van der Waals surface area contributed by atoms with E-state index in [4.69, 9.17) is 0 Å². The normalized spacial score (nSPS) is 9.08. The zero-order valence-corrected chi connectivity index (χ0v) is 10.00. The first-order valence-electron chi connectivity index (χ1n) is 3.22. The minimum absolute atomic E-state index is 0.371. The fourth-order valence-electron chi connectivity index (χ4n) is 0.763. The van der Waals surface area contributed by atoms with Crippen LogP contribution in [-0.4, -0.2) is 12.0 Å². The molecule has 1 aromatic carbocycles. The van der Waals surface area contributed by atoms with Crippen molar-refractivity contribution in [1.82, 2.24) is 0 Å². The number of carbonyl (C=O) groups excluding carboxylic acids is 2. The molecule has 0 spiro atoms.